The molecule has 4 fully saturated rings. The van der Waals surface area contributed by atoms with Crippen molar-refractivity contribution in [2.45, 2.75) is 58.5 Å². The number of hydrogen-bond acceptors (Lipinski definition) is 3. The summed E-state index contributed by atoms with van der Waals surface area (Å²) in [5, 5.41) is 6.46. The van der Waals surface area contributed by atoms with E-state index in [9.17, 15) is 9.59 Å². The van der Waals surface area contributed by atoms with Gasteiger partial charge in [0.1, 0.15) is 5.54 Å². The Kier molecular flexibility index (Phi) is 5.93. The third-order valence-corrected chi connectivity index (χ3v) is 7.38. The third kappa shape index (κ3) is 3.66. The predicted octanol–water partition coefficient (Wildman–Crippen LogP) is 2.85. The fraction of sp³-hybridized carbons (Fsp3) is 0.680. The molecule has 2 N–H and O–H groups in total. The summed E-state index contributed by atoms with van der Waals surface area (Å²) in [4.78, 5) is 29.2. The SMILES string of the molecule is CC(C)CCNC(=O)[C@]12NC(=O)[C@@H]3C[C@H]1CN(CC(C)C)C2[C@@H]3Cc1ccccc1. The van der Waals surface area contributed by atoms with Gasteiger partial charge in [0.15, 0.2) is 0 Å². The number of fused-ring (bicyclic) bond motifs is 1. The Labute approximate surface area is 181 Å². The number of nitrogens with zero attached hydrogens (tertiary/aromatic N) is 1. The minimum Gasteiger partial charge on any atom is -0.354 e. The van der Waals surface area contributed by atoms with E-state index in [4.69, 9.17) is 0 Å². The van der Waals surface area contributed by atoms with E-state index in [1.165, 1.54) is 5.56 Å². The number of carbonyl (C=O) groups excluding carboxylic acids is 2. The summed E-state index contributed by atoms with van der Waals surface area (Å²) < 4.78 is 0. The van der Waals surface area contributed by atoms with Gasteiger partial charge in [0.2, 0.25) is 11.8 Å². The average Bonchev–Trinajstić information content (AvgIpc) is 2.90. The lowest BCUT2D eigenvalue weighted by Gasteiger charge is -2.55. The first-order valence-electron chi connectivity index (χ1n) is 11.7. The molecule has 5 nitrogen and oxygen atoms in total. The Hall–Kier alpha value is -1.88. The Balaban J connectivity index is 1.67. The summed E-state index contributed by atoms with van der Waals surface area (Å²) in [7, 11) is 0. The molecule has 1 aromatic carbocycles. The smallest absolute Gasteiger partial charge is 0.247 e. The molecule has 0 aromatic heterocycles. The van der Waals surface area contributed by atoms with Gasteiger partial charge >= 0.3 is 0 Å². The van der Waals surface area contributed by atoms with Crippen molar-refractivity contribution in [2.24, 2.45) is 29.6 Å². The van der Waals surface area contributed by atoms with E-state index >= 15 is 0 Å². The zero-order valence-electron chi connectivity index (χ0n) is 18.9. The highest BCUT2D eigenvalue weighted by Crippen LogP contribution is 2.53. The van der Waals surface area contributed by atoms with Crippen LogP contribution in [0.3, 0.4) is 0 Å². The van der Waals surface area contributed by atoms with Crippen molar-refractivity contribution >= 4 is 11.8 Å². The maximum atomic E-state index is 13.6. The van der Waals surface area contributed by atoms with Crippen LogP contribution in [0.15, 0.2) is 30.3 Å². The second-order valence-corrected chi connectivity index (χ2v) is 10.5. The van der Waals surface area contributed by atoms with Gasteiger partial charge in [0, 0.05) is 37.5 Å². The van der Waals surface area contributed by atoms with Gasteiger partial charge in [-0.1, -0.05) is 58.0 Å². The van der Waals surface area contributed by atoms with Crippen molar-refractivity contribution in [3.8, 4) is 0 Å². The highest BCUT2D eigenvalue weighted by atomic mass is 16.2. The Morgan fingerprint density at radius 2 is 1.93 bits per heavy atom. The maximum Gasteiger partial charge on any atom is 0.247 e. The van der Waals surface area contributed by atoms with E-state index in [0.29, 0.717) is 18.4 Å². The predicted molar refractivity (Wildman–Crippen MR) is 119 cm³/mol. The molecule has 5 heteroatoms. The zero-order valence-corrected chi connectivity index (χ0v) is 18.9. The molecule has 3 aliphatic heterocycles. The molecule has 1 saturated carbocycles. The fourth-order valence-electron chi connectivity index (χ4n) is 6.21. The minimum atomic E-state index is -0.781. The molecule has 164 valence electrons. The summed E-state index contributed by atoms with van der Waals surface area (Å²) in [5.41, 5.74) is 0.475. The second-order valence-electron chi connectivity index (χ2n) is 10.5. The van der Waals surface area contributed by atoms with Crippen molar-refractivity contribution in [2.75, 3.05) is 19.6 Å². The molecule has 1 aromatic rings. The van der Waals surface area contributed by atoms with Crippen LogP contribution < -0.4 is 10.6 Å². The molecule has 1 unspecified atom stereocenters. The second kappa shape index (κ2) is 8.33. The van der Waals surface area contributed by atoms with E-state index in [2.05, 4.69) is 67.5 Å². The summed E-state index contributed by atoms with van der Waals surface area (Å²) in [6.07, 6.45) is 2.63. The largest absolute Gasteiger partial charge is 0.354 e. The van der Waals surface area contributed by atoms with Crippen LogP contribution in [0.5, 0.6) is 0 Å². The molecule has 5 atom stereocenters. The standard InChI is InChI=1S/C25H37N3O2/c1-16(2)10-11-26-24(30)25-19-13-21(23(29)27-25)20(12-18-8-6-5-7-9-18)22(25)28(15-19)14-17(3)4/h5-9,16-17,19-22H,10-15H2,1-4H3,(H,26,30)(H,27,29)/t19-,20+,21+,22?,25-/m0/s1. The van der Waals surface area contributed by atoms with Crippen molar-refractivity contribution in [3.63, 3.8) is 0 Å². The van der Waals surface area contributed by atoms with Gasteiger partial charge in [0.25, 0.3) is 0 Å². The normalized spacial score (nSPS) is 32.7. The molecule has 1 aliphatic carbocycles. The summed E-state index contributed by atoms with van der Waals surface area (Å²) in [6, 6.07) is 10.5. The third-order valence-electron chi connectivity index (χ3n) is 7.38. The number of amides is 2. The van der Waals surface area contributed by atoms with E-state index in [1.54, 1.807) is 0 Å². The molecule has 30 heavy (non-hydrogen) atoms. The first-order chi connectivity index (χ1) is 14.3. The van der Waals surface area contributed by atoms with Crippen LogP contribution in [0.25, 0.3) is 0 Å². The van der Waals surface area contributed by atoms with E-state index in [-0.39, 0.29) is 35.6 Å². The van der Waals surface area contributed by atoms with E-state index < -0.39 is 5.54 Å². The molecular weight excluding hydrogens is 374 g/mol. The summed E-state index contributed by atoms with van der Waals surface area (Å²) in [6.45, 7) is 11.4. The first-order valence-corrected chi connectivity index (χ1v) is 11.7. The lowest BCUT2D eigenvalue weighted by Crippen LogP contribution is -2.78. The monoisotopic (exact) mass is 411 g/mol. The van der Waals surface area contributed by atoms with Crippen LogP contribution in [-0.4, -0.2) is 47.9 Å². The Bertz CT molecular complexity index is 778. The lowest BCUT2D eigenvalue weighted by atomic mass is 9.58. The van der Waals surface area contributed by atoms with Gasteiger partial charge in [-0.15, -0.1) is 0 Å². The van der Waals surface area contributed by atoms with Crippen LogP contribution in [0.2, 0.25) is 0 Å². The van der Waals surface area contributed by atoms with Crippen molar-refractivity contribution < 1.29 is 9.59 Å². The molecule has 5 rings (SSSR count). The van der Waals surface area contributed by atoms with Crippen molar-refractivity contribution in [1.29, 1.82) is 0 Å². The molecule has 0 spiro atoms. The molecule has 2 amide bonds. The maximum absolute atomic E-state index is 13.6. The van der Waals surface area contributed by atoms with Crippen LogP contribution in [0.1, 0.15) is 46.1 Å². The summed E-state index contributed by atoms with van der Waals surface area (Å²) in [5.74, 6) is 1.56. The van der Waals surface area contributed by atoms with E-state index in [1.807, 2.05) is 6.07 Å². The molecular formula is C25H37N3O2. The molecule has 3 heterocycles. The number of likely N-dealkylation sites (tertiary alicyclic amines) is 1. The number of carbonyl (C=O) groups is 2. The average molecular weight is 412 g/mol. The number of rotatable bonds is 8. The zero-order chi connectivity index (χ0) is 21.5. The molecule has 4 aliphatic rings. The molecule has 3 saturated heterocycles. The Morgan fingerprint density at radius 3 is 2.60 bits per heavy atom. The van der Waals surface area contributed by atoms with Gasteiger partial charge in [-0.05, 0) is 42.6 Å². The van der Waals surface area contributed by atoms with Crippen LogP contribution in [0.4, 0.5) is 0 Å². The highest BCUT2D eigenvalue weighted by molar-refractivity contribution is 5.97. The molecule has 4 bridgehead atoms. The highest BCUT2D eigenvalue weighted by Gasteiger charge is 2.70. The molecule has 0 radical (unpaired) electrons. The van der Waals surface area contributed by atoms with Crippen molar-refractivity contribution in [1.82, 2.24) is 15.5 Å². The number of hydrogen-bond donors (Lipinski definition) is 2. The quantitative estimate of drug-likeness (QED) is 0.692. The Morgan fingerprint density at radius 1 is 1.20 bits per heavy atom. The topological polar surface area (TPSA) is 61.4 Å². The van der Waals surface area contributed by atoms with Crippen LogP contribution in [-0.2, 0) is 16.0 Å². The van der Waals surface area contributed by atoms with Gasteiger partial charge in [-0.25, -0.2) is 0 Å². The summed E-state index contributed by atoms with van der Waals surface area (Å²) >= 11 is 0. The minimum absolute atomic E-state index is 0.00251. The van der Waals surface area contributed by atoms with Gasteiger partial charge in [0.05, 0.1) is 0 Å². The lowest BCUT2D eigenvalue weighted by molar-refractivity contribution is -0.154. The number of piperidine rings is 2. The first kappa shape index (κ1) is 21.4. The van der Waals surface area contributed by atoms with Crippen LogP contribution >= 0.6 is 0 Å². The van der Waals surface area contributed by atoms with Crippen LogP contribution in [0, 0.1) is 29.6 Å². The number of nitrogens with one attached hydrogen (secondary N) is 2. The fourth-order valence-corrected chi connectivity index (χ4v) is 6.21. The van der Waals surface area contributed by atoms with Gasteiger partial charge in [-0.2, -0.15) is 0 Å². The number of benzene rings is 1. The van der Waals surface area contributed by atoms with Gasteiger partial charge < -0.3 is 10.6 Å². The van der Waals surface area contributed by atoms with Gasteiger partial charge in [-0.3, -0.25) is 14.5 Å². The van der Waals surface area contributed by atoms with E-state index in [0.717, 1.165) is 32.4 Å². The van der Waals surface area contributed by atoms with Crippen molar-refractivity contribution in [3.05, 3.63) is 35.9 Å².